The van der Waals surface area contributed by atoms with Crippen LogP contribution in [0.3, 0.4) is 0 Å². The van der Waals surface area contributed by atoms with Crippen molar-refractivity contribution in [3.05, 3.63) is 53.9 Å². The number of hydrogen-bond donors (Lipinski definition) is 0. The van der Waals surface area contributed by atoms with Gasteiger partial charge in [-0.2, -0.15) is 0 Å². The third kappa shape index (κ3) is 6.55. The molecule has 4 rings (SSSR count). The molecule has 158 valence electrons. The maximum Gasteiger partial charge on any atom is 0.316 e. The lowest BCUT2D eigenvalue weighted by Crippen LogP contribution is -2.38. The van der Waals surface area contributed by atoms with Crippen LogP contribution in [0.5, 0.6) is 6.01 Å². The van der Waals surface area contributed by atoms with Crippen molar-refractivity contribution < 1.29 is 4.74 Å². The van der Waals surface area contributed by atoms with E-state index in [0.717, 1.165) is 51.0 Å². The predicted molar refractivity (Wildman–Crippen MR) is 119 cm³/mol. The number of likely N-dealkylation sites (tertiary alicyclic amines) is 2. The minimum atomic E-state index is 0.209. The second kappa shape index (κ2) is 11.1. The zero-order valence-electron chi connectivity index (χ0n) is 17.8. The van der Waals surface area contributed by atoms with E-state index in [1.54, 1.807) is 12.4 Å². The summed E-state index contributed by atoms with van der Waals surface area (Å²) in [6.45, 7) is 6.64. The Balaban J connectivity index is 1.21. The van der Waals surface area contributed by atoms with Crippen LogP contribution in [0.1, 0.15) is 49.7 Å². The van der Waals surface area contributed by atoms with Crippen molar-refractivity contribution in [1.29, 1.82) is 0 Å². The molecule has 0 N–H and O–H groups in total. The summed E-state index contributed by atoms with van der Waals surface area (Å²) in [6.07, 6.45) is 10.7. The van der Waals surface area contributed by atoms with Gasteiger partial charge in [-0.05, 0) is 62.5 Å². The average molecular weight is 405 g/mol. The molecular formula is C25H32N4O. The Morgan fingerprint density at radius 2 is 1.73 bits per heavy atom. The molecule has 0 bridgehead atoms. The van der Waals surface area contributed by atoms with Crippen LogP contribution in [0, 0.1) is 11.8 Å². The molecule has 2 saturated heterocycles. The van der Waals surface area contributed by atoms with Crippen molar-refractivity contribution in [2.75, 3.05) is 32.7 Å². The molecule has 5 nitrogen and oxygen atoms in total. The van der Waals surface area contributed by atoms with E-state index in [1.165, 1.54) is 37.9 Å². The van der Waals surface area contributed by atoms with Gasteiger partial charge < -0.3 is 9.64 Å². The normalized spacial score (nSPS) is 18.5. The van der Waals surface area contributed by atoms with Crippen molar-refractivity contribution in [3.8, 4) is 17.9 Å². The maximum absolute atomic E-state index is 5.90. The number of nitrogens with zero attached hydrogens (tertiary/aromatic N) is 4. The molecule has 2 aliphatic heterocycles. The molecule has 0 spiro atoms. The van der Waals surface area contributed by atoms with Gasteiger partial charge in [-0.15, -0.1) is 0 Å². The van der Waals surface area contributed by atoms with Crippen molar-refractivity contribution in [3.63, 3.8) is 0 Å². The molecule has 0 aliphatic carbocycles. The third-order valence-corrected chi connectivity index (χ3v) is 5.92. The van der Waals surface area contributed by atoms with Gasteiger partial charge in [0.15, 0.2) is 0 Å². The summed E-state index contributed by atoms with van der Waals surface area (Å²) in [6, 6.07) is 11.0. The van der Waals surface area contributed by atoms with Gasteiger partial charge in [-0.1, -0.05) is 30.4 Å². The van der Waals surface area contributed by atoms with Crippen LogP contribution in [-0.2, 0) is 6.54 Å². The van der Waals surface area contributed by atoms with E-state index < -0.39 is 0 Å². The molecule has 0 atom stereocenters. The summed E-state index contributed by atoms with van der Waals surface area (Å²) >= 11 is 0. The van der Waals surface area contributed by atoms with E-state index in [1.807, 2.05) is 6.07 Å². The van der Waals surface area contributed by atoms with Crippen LogP contribution < -0.4 is 4.74 Å². The van der Waals surface area contributed by atoms with E-state index in [4.69, 9.17) is 4.74 Å². The maximum atomic E-state index is 5.90. The van der Waals surface area contributed by atoms with Crippen molar-refractivity contribution >= 4 is 0 Å². The van der Waals surface area contributed by atoms with E-state index in [9.17, 15) is 0 Å². The van der Waals surface area contributed by atoms with E-state index in [-0.39, 0.29) is 6.10 Å². The Morgan fingerprint density at radius 1 is 0.933 bits per heavy atom. The highest BCUT2D eigenvalue weighted by Gasteiger charge is 2.21. The topological polar surface area (TPSA) is 41.5 Å². The molecule has 0 amide bonds. The fraction of sp³-hybridized carbons (Fsp3) is 0.520. The van der Waals surface area contributed by atoms with Gasteiger partial charge in [-0.25, -0.2) is 9.97 Å². The molecule has 0 radical (unpaired) electrons. The molecular weight excluding hydrogens is 372 g/mol. The third-order valence-electron chi connectivity index (χ3n) is 5.92. The Morgan fingerprint density at radius 3 is 2.53 bits per heavy atom. The van der Waals surface area contributed by atoms with E-state index in [2.05, 4.69) is 55.9 Å². The molecule has 30 heavy (non-hydrogen) atoms. The van der Waals surface area contributed by atoms with Crippen molar-refractivity contribution in [2.24, 2.45) is 0 Å². The first-order chi connectivity index (χ1) is 14.8. The van der Waals surface area contributed by atoms with Crippen LogP contribution in [0.4, 0.5) is 0 Å². The highest BCUT2D eigenvalue weighted by Crippen LogP contribution is 2.18. The van der Waals surface area contributed by atoms with Gasteiger partial charge in [0, 0.05) is 50.6 Å². The summed E-state index contributed by atoms with van der Waals surface area (Å²) in [5, 5.41) is 0. The number of ether oxygens (including phenoxy) is 1. The predicted octanol–water partition coefficient (Wildman–Crippen LogP) is 3.75. The summed E-state index contributed by atoms with van der Waals surface area (Å²) in [5.74, 6) is 6.74. The molecule has 2 fully saturated rings. The fourth-order valence-corrected chi connectivity index (χ4v) is 4.25. The number of rotatable bonds is 6. The molecule has 0 unspecified atom stereocenters. The summed E-state index contributed by atoms with van der Waals surface area (Å²) in [5.41, 5.74) is 2.47. The number of aromatic nitrogens is 2. The Kier molecular flexibility index (Phi) is 7.71. The van der Waals surface area contributed by atoms with Crippen LogP contribution >= 0.6 is 0 Å². The van der Waals surface area contributed by atoms with Gasteiger partial charge in [0.05, 0.1) is 0 Å². The molecule has 3 heterocycles. The van der Waals surface area contributed by atoms with Crippen LogP contribution in [0.25, 0.3) is 0 Å². The van der Waals surface area contributed by atoms with Gasteiger partial charge in [0.1, 0.15) is 6.10 Å². The smallest absolute Gasteiger partial charge is 0.316 e. The van der Waals surface area contributed by atoms with Gasteiger partial charge >= 0.3 is 6.01 Å². The molecule has 2 aromatic rings. The summed E-state index contributed by atoms with van der Waals surface area (Å²) < 4.78 is 5.90. The SMILES string of the molecule is C(#Cc1cccc(CN2CCC(Oc3ncccn3)CC2)c1)CCN1CCCCC1. The second-order valence-corrected chi connectivity index (χ2v) is 8.28. The zero-order valence-corrected chi connectivity index (χ0v) is 17.8. The van der Waals surface area contributed by atoms with Gasteiger partial charge in [0.25, 0.3) is 0 Å². The van der Waals surface area contributed by atoms with E-state index >= 15 is 0 Å². The average Bonchev–Trinajstić information content (AvgIpc) is 2.80. The lowest BCUT2D eigenvalue weighted by atomic mass is 10.1. The lowest BCUT2D eigenvalue weighted by Gasteiger charge is -2.31. The first kappa shape index (κ1) is 20.8. The number of hydrogen-bond acceptors (Lipinski definition) is 5. The molecule has 1 aromatic carbocycles. The molecule has 1 aromatic heterocycles. The molecule has 2 aliphatic rings. The van der Waals surface area contributed by atoms with Crippen LogP contribution in [0.2, 0.25) is 0 Å². The standard InChI is InChI=1S/C25H32N4O/c1-3-15-28(16-4-1)17-5-2-8-22-9-6-10-23(20-22)21-29-18-11-24(12-19-29)30-25-26-13-7-14-27-25/h6-7,9-10,13-14,20,24H,1,3-5,11-12,15-19,21H2. The fourth-order valence-electron chi connectivity index (χ4n) is 4.25. The quantitative estimate of drug-likeness (QED) is 0.686. The number of piperidine rings is 2. The first-order valence-corrected chi connectivity index (χ1v) is 11.3. The Hall–Kier alpha value is -2.42. The van der Waals surface area contributed by atoms with E-state index in [0.29, 0.717) is 6.01 Å². The highest BCUT2D eigenvalue weighted by molar-refractivity contribution is 5.37. The van der Waals surface area contributed by atoms with Crippen LogP contribution in [-0.4, -0.2) is 58.6 Å². The Bertz CT molecular complexity index is 831. The first-order valence-electron chi connectivity index (χ1n) is 11.3. The van der Waals surface area contributed by atoms with Gasteiger partial charge in [0.2, 0.25) is 0 Å². The van der Waals surface area contributed by atoms with Crippen molar-refractivity contribution in [1.82, 2.24) is 19.8 Å². The minimum Gasteiger partial charge on any atom is -0.460 e. The van der Waals surface area contributed by atoms with Gasteiger partial charge in [-0.3, -0.25) is 4.90 Å². The second-order valence-electron chi connectivity index (χ2n) is 8.28. The molecule has 5 heteroatoms. The monoisotopic (exact) mass is 404 g/mol. The number of benzene rings is 1. The highest BCUT2D eigenvalue weighted by atomic mass is 16.5. The minimum absolute atomic E-state index is 0.209. The molecule has 0 saturated carbocycles. The largest absolute Gasteiger partial charge is 0.460 e. The lowest BCUT2D eigenvalue weighted by molar-refractivity contribution is 0.0892. The summed E-state index contributed by atoms with van der Waals surface area (Å²) in [4.78, 5) is 13.4. The van der Waals surface area contributed by atoms with Crippen LogP contribution in [0.15, 0.2) is 42.7 Å². The summed E-state index contributed by atoms with van der Waals surface area (Å²) in [7, 11) is 0. The zero-order chi connectivity index (χ0) is 20.4. The van der Waals surface area contributed by atoms with Crippen molar-refractivity contribution in [2.45, 2.75) is 51.2 Å². The Labute approximate surface area is 180 Å².